The van der Waals surface area contributed by atoms with Gasteiger partial charge in [0.2, 0.25) is 0 Å². The SMILES string of the molecule is c1ccc(C2=NC(c3cccc4oc5c(-n6c7ccccc7c7cc(-c8ccc9oc%10ccccc%10c9c8)ccc76)cccc5c34)=NC(c3ccccc3)N2)cc1. The molecule has 3 aromatic heterocycles. The van der Waals surface area contributed by atoms with Crippen molar-refractivity contribution in [3.05, 3.63) is 199 Å². The number of fused-ring (bicyclic) bond motifs is 9. The summed E-state index contributed by atoms with van der Waals surface area (Å²) in [6.45, 7) is 0. The Labute approximate surface area is 326 Å². The van der Waals surface area contributed by atoms with Crippen LogP contribution in [0.1, 0.15) is 22.9 Å². The molecule has 1 aliphatic rings. The Morgan fingerprint density at radius 2 is 1.14 bits per heavy atom. The van der Waals surface area contributed by atoms with Gasteiger partial charge >= 0.3 is 0 Å². The molecular formula is C51H32N4O2. The van der Waals surface area contributed by atoms with Crippen LogP contribution in [0.5, 0.6) is 0 Å². The van der Waals surface area contributed by atoms with Crippen molar-refractivity contribution in [3.63, 3.8) is 0 Å². The Bertz CT molecular complexity index is 3440. The van der Waals surface area contributed by atoms with Crippen molar-refractivity contribution >= 4 is 77.4 Å². The first-order chi connectivity index (χ1) is 28.2. The normalized spacial score (nSPS) is 14.5. The van der Waals surface area contributed by atoms with Crippen molar-refractivity contribution in [1.82, 2.24) is 9.88 Å². The number of aliphatic imine (C=N–C) groups is 2. The number of aromatic nitrogens is 1. The lowest BCUT2D eigenvalue weighted by atomic mass is 10.0. The second kappa shape index (κ2) is 12.4. The number of rotatable bonds is 5. The summed E-state index contributed by atoms with van der Waals surface area (Å²) in [5.41, 5.74) is 11.9. The van der Waals surface area contributed by atoms with Gasteiger partial charge in [-0.1, -0.05) is 133 Å². The fourth-order valence-corrected chi connectivity index (χ4v) is 8.63. The molecule has 0 bridgehead atoms. The van der Waals surface area contributed by atoms with Gasteiger partial charge in [-0.3, -0.25) is 0 Å². The molecule has 11 aromatic rings. The molecule has 0 fully saturated rings. The van der Waals surface area contributed by atoms with E-state index < -0.39 is 0 Å². The Balaban J connectivity index is 1.04. The van der Waals surface area contributed by atoms with E-state index in [1.165, 1.54) is 10.8 Å². The van der Waals surface area contributed by atoms with E-state index >= 15 is 0 Å². The molecule has 1 aliphatic heterocycles. The van der Waals surface area contributed by atoms with Gasteiger partial charge in [0.25, 0.3) is 0 Å². The molecule has 1 N–H and O–H groups in total. The van der Waals surface area contributed by atoms with E-state index in [-0.39, 0.29) is 6.17 Å². The molecule has 268 valence electrons. The van der Waals surface area contributed by atoms with Crippen LogP contribution in [0.25, 0.3) is 82.5 Å². The van der Waals surface area contributed by atoms with E-state index in [2.05, 4.69) is 131 Å². The van der Waals surface area contributed by atoms with Crippen molar-refractivity contribution < 1.29 is 8.83 Å². The maximum Gasteiger partial charge on any atom is 0.160 e. The summed E-state index contributed by atoms with van der Waals surface area (Å²) in [6.07, 6.45) is -0.304. The van der Waals surface area contributed by atoms with Crippen molar-refractivity contribution in [2.75, 3.05) is 0 Å². The number of para-hydroxylation sites is 3. The minimum absolute atomic E-state index is 0.304. The van der Waals surface area contributed by atoms with Gasteiger partial charge in [0.15, 0.2) is 11.4 Å². The third-order valence-corrected chi connectivity index (χ3v) is 11.3. The Morgan fingerprint density at radius 1 is 0.474 bits per heavy atom. The summed E-state index contributed by atoms with van der Waals surface area (Å²) < 4.78 is 15.4. The molecule has 0 radical (unpaired) electrons. The molecule has 8 aromatic carbocycles. The second-order valence-electron chi connectivity index (χ2n) is 14.6. The summed E-state index contributed by atoms with van der Waals surface area (Å²) in [6, 6.07) is 63.3. The van der Waals surface area contributed by atoms with Crippen LogP contribution >= 0.6 is 0 Å². The lowest BCUT2D eigenvalue weighted by molar-refractivity contribution is 0.666. The zero-order chi connectivity index (χ0) is 37.5. The maximum absolute atomic E-state index is 6.87. The Hall–Kier alpha value is -7.70. The van der Waals surface area contributed by atoms with Crippen molar-refractivity contribution in [3.8, 4) is 16.8 Å². The number of furan rings is 2. The van der Waals surface area contributed by atoms with E-state index in [0.29, 0.717) is 5.84 Å². The van der Waals surface area contributed by atoms with Gasteiger partial charge in [-0.2, -0.15) is 0 Å². The molecule has 0 aliphatic carbocycles. The van der Waals surface area contributed by atoms with E-state index in [9.17, 15) is 0 Å². The van der Waals surface area contributed by atoms with Crippen LogP contribution in [0, 0.1) is 0 Å². The average molecular weight is 733 g/mol. The predicted octanol–water partition coefficient (Wildman–Crippen LogP) is 12.7. The molecule has 57 heavy (non-hydrogen) atoms. The van der Waals surface area contributed by atoms with Crippen LogP contribution in [-0.4, -0.2) is 16.2 Å². The number of amidine groups is 2. The summed E-state index contributed by atoms with van der Waals surface area (Å²) in [4.78, 5) is 10.4. The fraction of sp³-hybridized carbons (Fsp3) is 0.0196. The predicted molar refractivity (Wildman–Crippen MR) is 233 cm³/mol. The highest BCUT2D eigenvalue weighted by atomic mass is 16.3. The molecule has 12 rings (SSSR count). The Morgan fingerprint density at radius 3 is 2.02 bits per heavy atom. The van der Waals surface area contributed by atoms with Crippen LogP contribution in [-0.2, 0) is 0 Å². The monoisotopic (exact) mass is 732 g/mol. The van der Waals surface area contributed by atoms with Crippen molar-refractivity contribution in [2.24, 2.45) is 9.98 Å². The largest absolute Gasteiger partial charge is 0.456 e. The van der Waals surface area contributed by atoms with Gasteiger partial charge < -0.3 is 18.7 Å². The first-order valence-corrected chi connectivity index (χ1v) is 19.2. The van der Waals surface area contributed by atoms with Gasteiger partial charge in [-0.05, 0) is 65.2 Å². The topological polar surface area (TPSA) is 68.0 Å². The molecule has 0 saturated carbocycles. The molecule has 4 heterocycles. The van der Waals surface area contributed by atoms with Gasteiger partial charge in [-0.25, -0.2) is 9.98 Å². The highest BCUT2D eigenvalue weighted by molar-refractivity contribution is 6.23. The lowest BCUT2D eigenvalue weighted by Crippen LogP contribution is -2.33. The smallest absolute Gasteiger partial charge is 0.160 e. The minimum atomic E-state index is -0.304. The van der Waals surface area contributed by atoms with Gasteiger partial charge in [0.1, 0.15) is 28.8 Å². The lowest BCUT2D eigenvalue weighted by Gasteiger charge is -2.23. The summed E-state index contributed by atoms with van der Waals surface area (Å²) in [5, 5.41) is 10.2. The highest BCUT2D eigenvalue weighted by Gasteiger charge is 2.25. The Kier molecular flexibility index (Phi) is 6.89. The number of nitrogens with one attached hydrogen (secondary N) is 1. The zero-order valence-electron chi connectivity index (χ0n) is 30.6. The average Bonchev–Trinajstić information content (AvgIpc) is 3.96. The first kappa shape index (κ1) is 31.6. The molecule has 1 unspecified atom stereocenters. The van der Waals surface area contributed by atoms with Gasteiger partial charge in [0.05, 0.1) is 16.7 Å². The van der Waals surface area contributed by atoms with Gasteiger partial charge in [0, 0.05) is 43.4 Å². The van der Waals surface area contributed by atoms with E-state index in [1.807, 2.05) is 60.7 Å². The first-order valence-electron chi connectivity index (χ1n) is 19.2. The van der Waals surface area contributed by atoms with Gasteiger partial charge in [-0.15, -0.1) is 0 Å². The van der Waals surface area contributed by atoms with E-state index in [4.69, 9.17) is 18.8 Å². The molecule has 0 spiro atoms. The van der Waals surface area contributed by atoms with Crippen LogP contribution in [0.15, 0.2) is 201 Å². The third kappa shape index (κ3) is 4.97. The fourth-order valence-electron chi connectivity index (χ4n) is 8.63. The zero-order valence-corrected chi connectivity index (χ0v) is 30.6. The third-order valence-electron chi connectivity index (χ3n) is 11.3. The number of hydrogen-bond donors (Lipinski definition) is 1. The molecule has 0 saturated heterocycles. The van der Waals surface area contributed by atoms with Crippen LogP contribution in [0.2, 0.25) is 0 Å². The van der Waals surface area contributed by atoms with Crippen LogP contribution in [0.3, 0.4) is 0 Å². The summed E-state index contributed by atoms with van der Waals surface area (Å²) in [5.74, 6) is 1.44. The molecule has 0 amide bonds. The molecule has 6 nitrogen and oxygen atoms in total. The summed E-state index contributed by atoms with van der Waals surface area (Å²) in [7, 11) is 0. The molecular weight excluding hydrogens is 701 g/mol. The summed E-state index contributed by atoms with van der Waals surface area (Å²) >= 11 is 0. The minimum Gasteiger partial charge on any atom is -0.456 e. The van der Waals surface area contributed by atoms with Crippen molar-refractivity contribution in [2.45, 2.75) is 6.17 Å². The number of nitrogens with zero attached hydrogens (tertiary/aromatic N) is 3. The maximum atomic E-state index is 6.87. The second-order valence-corrected chi connectivity index (χ2v) is 14.6. The van der Waals surface area contributed by atoms with Crippen LogP contribution in [0.4, 0.5) is 0 Å². The van der Waals surface area contributed by atoms with Crippen molar-refractivity contribution in [1.29, 1.82) is 0 Å². The quantitative estimate of drug-likeness (QED) is 0.192. The number of hydrogen-bond acceptors (Lipinski definition) is 5. The van der Waals surface area contributed by atoms with E-state index in [0.717, 1.165) is 94.3 Å². The highest BCUT2D eigenvalue weighted by Crippen LogP contribution is 2.41. The molecule has 1 atom stereocenters. The molecule has 6 heteroatoms. The van der Waals surface area contributed by atoms with Crippen LogP contribution < -0.4 is 5.32 Å². The number of benzene rings is 8. The standard InChI is InChI=1S/C51H32N4O2/c1-3-13-31(14-4-1)49-52-50(32-15-5-2-6-16-32)54-51(53-49)38-20-12-24-46-47(38)37-19-11-22-43(48(37)57-46)55-41-21-9-7-17-35(41)39-29-33(25-27-42(39)55)34-26-28-45-40(30-34)36-18-8-10-23-44(36)56-45/h1-30,49H,(H,52,53,54). The van der Waals surface area contributed by atoms with E-state index in [1.54, 1.807) is 0 Å².